The van der Waals surface area contributed by atoms with E-state index in [-0.39, 0.29) is 5.91 Å². The molecule has 0 bridgehead atoms. The Kier molecular flexibility index (Phi) is 14.1. The minimum Gasteiger partial charge on any atom is -0.355 e. The maximum Gasteiger partial charge on any atom is 0.251 e. The zero-order valence-electron chi connectivity index (χ0n) is 10.8. The molecule has 2 nitrogen and oxygen atoms in total. The van der Waals surface area contributed by atoms with Gasteiger partial charge < -0.3 is 5.32 Å². The molecule has 0 spiro atoms. The molecule has 0 radical (unpaired) electrons. The van der Waals surface area contributed by atoms with Gasteiger partial charge in [0.05, 0.1) is 0 Å². The average molecular weight is 221 g/mol. The highest BCUT2D eigenvalue weighted by atomic mass is 16.1. The highest BCUT2D eigenvalue weighted by Crippen LogP contribution is 1.96. The van der Waals surface area contributed by atoms with Crippen LogP contribution >= 0.6 is 0 Å². The third-order valence-electron chi connectivity index (χ3n) is 1.26. The quantitative estimate of drug-likeness (QED) is 0.720. The summed E-state index contributed by atoms with van der Waals surface area (Å²) in [5.74, 6) is -0.0411. The molecule has 0 aliphatic carbocycles. The van der Waals surface area contributed by atoms with Gasteiger partial charge in [0.15, 0.2) is 0 Å². The molecule has 0 unspecified atom stereocenters. The number of hydrogen-bond donors (Lipinski definition) is 1. The van der Waals surface area contributed by atoms with Crippen LogP contribution in [-0.2, 0) is 0 Å². The standard InChI is InChI=1S/C8H9NO.C3H8.C3H6/c1-9-8(10)7-5-3-2-4-6-7;2*1-3-2/h2-6H,1H3,(H,9,10);3H2,1-2H3;3H,1H2,2H3. The molecule has 1 N–H and O–H groups in total. The Bertz CT molecular complexity index is 267. The van der Waals surface area contributed by atoms with Gasteiger partial charge in [-0.2, -0.15) is 0 Å². The smallest absolute Gasteiger partial charge is 0.251 e. The lowest BCUT2D eigenvalue weighted by Gasteiger charge is -1.96. The first kappa shape index (κ1) is 16.8. The summed E-state index contributed by atoms with van der Waals surface area (Å²) < 4.78 is 0. The first-order chi connectivity index (χ1) is 7.67. The van der Waals surface area contributed by atoms with E-state index in [2.05, 4.69) is 25.7 Å². The highest BCUT2D eigenvalue weighted by Gasteiger charge is 1.97. The van der Waals surface area contributed by atoms with Crippen molar-refractivity contribution in [2.45, 2.75) is 27.2 Å². The fraction of sp³-hybridized carbons (Fsp3) is 0.357. The lowest BCUT2D eigenvalue weighted by atomic mass is 10.2. The number of nitrogens with one attached hydrogen (secondary N) is 1. The van der Waals surface area contributed by atoms with Crippen molar-refractivity contribution in [2.24, 2.45) is 0 Å². The second-order valence-corrected chi connectivity index (χ2v) is 3.06. The predicted octanol–water partition coefficient (Wildman–Crippen LogP) is 3.65. The Morgan fingerprint density at radius 1 is 1.31 bits per heavy atom. The van der Waals surface area contributed by atoms with Gasteiger partial charge in [-0.15, -0.1) is 6.58 Å². The summed E-state index contributed by atoms with van der Waals surface area (Å²) in [5.41, 5.74) is 0.699. The van der Waals surface area contributed by atoms with Crippen molar-refractivity contribution in [3.05, 3.63) is 48.6 Å². The summed E-state index contributed by atoms with van der Waals surface area (Å²) in [6.45, 7) is 9.50. The predicted molar refractivity (Wildman–Crippen MR) is 71.7 cm³/mol. The van der Waals surface area contributed by atoms with E-state index in [1.54, 1.807) is 25.3 Å². The van der Waals surface area contributed by atoms with Crippen LogP contribution in [0.2, 0.25) is 0 Å². The number of carbonyl (C=O) groups excluding carboxylic acids is 1. The van der Waals surface area contributed by atoms with Crippen molar-refractivity contribution in [1.29, 1.82) is 0 Å². The Labute approximate surface area is 99.4 Å². The minimum atomic E-state index is -0.0411. The van der Waals surface area contributed by atoms with Crippen molar-refractivity contribution in [1.82, 2.24) is 5.32 Å². The molecular weight excluding hydrogens is 198 g/mol. The van der Waals surface area contributed by atoms with Crippen LogP contribution in [0.25, 0.3) is 0 Å². The van der Waals surface area contributed by atoms with Crippen LogP contribution in [0.1, 0.15) is 37.6 Å². The largest absolute Gasteiger partial charge is 0.355 e. The summed E-state index contributed by atoms with van der Waals surface area (Å²) in [6, 6.07) is 9.11. The molecule has 0 saturated carbocycles. The summed E-state index contributed by atoms with van der Waals surface area (Å²) in [6.07, 6.45) is 3.00. The van der Waals surface area contributed by atoms with Crippen molar-refractivity contribution >= 4 is 5.91 Å². The van der Waals surface area contributed by atoms with Gasteiger partial charge in [-0.3, -0.25) is 4.79 Å². The molecule has 0 fully saturated rings. The molecule has 0 saturated heterocycles. The maximum atomic E-state index is 10.9. The molecule has 0 aromatic heterocycles. The van der Waals surface area contributed by atoms with E-state index in [0.717, 1.165) is 0 Å². The monoisotopic (exact) mass is 221 g/mol. The Hall–Kier alpha value is -1.57. The molecule has 0 atom stereocenters. The van der Waals surface area contributed by atoms with Crippen molar-refractivity contribution < 1.29 is 4.79 Å². The summed E-state index contributed by atoms with van der Waals surface area (Å²) in [5, 5.41) is 2.54. The molecule has 16 heavy (non-hydrogen) atoms. The molecule has 2 heteroatoms. The van der Waals surface area contributed by atoms with Gasteiger partial charge in [-0.25, -0.2) is 0 Å². The molecule has 0 aliphatic heterocycles. The van der Waals surface area contributed by atoms with E-state index in [4.69, 9.17) is 0 Å². The molecule has 1 rings (SSSR count). The van der Waals surface area contributed by atoms with Crippen LogP contribution in [0.3, 0.4) is 0 Å². The van der Waals surface area contributed by atoms with Crippen LogP contribution < -0.4 is 5.32 Å². The van der Waals surface area contributed by atoms with E-state index < -0.39 is 0 Å². The first-order valence-corrected chi connectivity index (χ1v) is 5.51. The van der Waals surface area contributed by atoms with Crippen LogP contribution in [0.5, 0.6) is 0 Å². The van der Waals surface area contributed by atoms with Gasteiger partial charge in [0.25, 0.3) is 5.91 Å². The topological polar surface area (TPSA) is 29.1 Å². The summed E-state index contributed by atoms with van der Waals surface area (Å²) in [4.78, 5) is 10.9. The van der Waals surface area contributed by atoms with Crippen molar-refractivity contribution in [3.8, 4) is 0 Å². The lowest BCUT2D eigenvalue weighted by Crippen LogP contribution is -2.17. The van der Waals surface area contributed by atoms with Crippen LogP contribution in [0.15, 0.2) is 43.0 Å². The summed E-state index contributed by atoms with van der Waals surface area (Å²) in [7, 11) is 1.62. The first-order valence-electron chi connectivity index (χ1n) is 5.51. The van der Waals surface area contributed by atoms with Gasteiger partial charge in [-0.05, 0) is 19.1 Å². The molecule has 0 aliphatic rings. The van der Waals surface area contributed by atoms with Gasteiger partial charge in [0.2, 0.25) is 0 Å². The zero-order chi connectivity index (χ0) is 12.8. The fourth-order valence-electron chi connectivity index (χ4n) is 0.734. The zero-order valence-corrected chi connectivity index (χ0v) is 10.8. The molecule has 1 aromatic rings. The van der Waals surface area contributed by atoms with Crippen LogP contribution in [0, 0.1) is 0 Å². The number of benzene rings is 1. The fourth-order valence-corrected chi connectivity index (χ4v) is 0.734. The van der Waals surface area contributed by atoms with Crippen molar-refractivity contribution in [2.75, 3.05) is 7.05 Å². The number of hydrogen-bond acceptors (Lipinski definition) is 1. The van der Waals surface area contributed by atoms with Gasteiger partial charge in [0, 0.05) is 12.6 Å². The lowest BCUT2D eigenvalue weighted by molar-refractivity contribution is 0.0963. The second kappa shape index (κ2) is 13.4. The highest BCUT2D eigenvalue weighted by molar-refractivity contribution is 5.93. The van der Waals surface area contributed by atoms with E-state index in [9.17, 15) is 4.79 Å². The Morgan fingerprint density at radius 2 is 1.69 bits per heavy atom. The van der Waals surface area contributed by atoms with Crippen LogP contribution in [-0.4, -0.2) is 13.0 Å². The number of allylic oxidation sites excluding steroid dienone is 1. The van der Waals surface area contributed by atoms with E-state index in [1.165, 1.54) is 6.42 Å². The molecule has 0 heterocycles. The third-order valence-corrected chi connectivity index (χ3v) is 1.26. The number of rotatable bonds is 1. The molecule has 1 aromatic carbocycles. The molecular formula is C14H23NO. The van der Waals surface area contributed by atoms with Gasteiger partial charge in [0.1, 0.15) is 0 Å². The second-order valence-electron chi connectivity index (χ2n) is 3.06. The normalized spacial score (nSPS) is 7.50. The minimum absolute atomic E-state index is 0.0411. The Morgan fingerprint density at radius 3 is 2.00 bits per heavy atom. The SMILES string of the molecule is C=CC.CCC.CNC(=O)c1ccccc1. The van der Waals surface area contributed by atoms with E-state index >= 15 is 0 Å². The number of carbonyl (C=O) groups is 1. The maximum absolute atomic E-state index is 10.9. The average Bonchev–Trinajstić information content (AvgIpc) is 2.31. The third kappa shape index (κ3) is 10.5. The number of amides is 1. The van der Waals surface area contributed by atoms with Crippen molar-refractivity contribution in [3.63, 3.8) is 0 Å². The van der Waals surface area contributed by atoms with Gasteiger partial charge >= 0.3 is 0 Å². The van der Waals surface area contributed by atoms with E-state index in [0.29, 0.717) is 5.56 Å². The van der Waals surface area contributed by atoms with Gasteiger partial charge in [-0.1, -0.05) is 44.5 Å². The van der Waals surface area contributed by atoms with Crippen LogP contribution in [0.4, 0.5) is 0 Å². The molecule has 1 amide bonds. The van der Waals surface area contributed by atoms with E-state index in [1.807, 2.05) is 25.1 Å². The summed E-state index contributed by atoms with van der Waals surface area (Å²) >= 11 is 0. The molecule has 90 valence electrons. The Balaban J connectivity index is 0.